The predicted octanol–water partition coefficient (Wildman–Crippen LogP) is 3.41. The lowest BCUT2D eigenvalue weighted by molar-refractivity contribution is -0.137. The first-order valence-electron chi connectivity index (χ1n) is 9.75. The topological polar surface area (TPSA) is 59.1 Å². The number of ether oxygens (including phenoxy) is 2. The summed E-state index contributed by atoms with van der Waals surface area (Å²) < 4.78 is 50.9. The minimum Gasteiger partial charge on any atom is -0.493 e. The van der Waals surface area contributed by atoms with Crippen LogP contribution >= 0.6 is 0 Å². The highest BCUT2D eigenvalue weighted by atomic mass is 19.4. The molecule has 1 atom stereocenters. The van der Waals surface area contributed by atoms with E-state index in [-0.39, 0.29) is 6.42 Å². The Bertz CT molecular complexity index is 1040. The van der Waals surface area contributed by atoms with Gasteiger partial charge in [0.05, 0.1) is 37.9 Å². The molecule has 164 valence electrons. The number of imide groups is 1. The van der Waals surface area contributed by atoms with Gasteiger partial charge in [-0.25, -0.2) is 4.90 Å². The standard InChI is InChI=1S/C22H21F3N2O4/c1-30-18-9-13-7-8-26(12-14(13)10-19(18)31-2)17-11-20(28)27(21(17)29)16-6-4-3-5-15(16)22(23,24)25/h3-6,9-10,17H,7-8,11-12H2,1-2H3. The molecule has 1 saturated heterocycles. The van der Waals surface area contributed by atoms with E-state index in [9.17, 15) is 22.8 Å². The number of methoxy groups -OCH3 is 2. The van der Waals surface area contributed by atoms with Crippen molar-refractivity contribution in [2.45, 2.75) is 31.6 Å². The summed E-state index contributed by atoms with van der Waals surface area (Å²) in [6, 6.07) is 7.56. The normalized spacial score (nSPS) is 19.5. The smallest absolute Gasteiger partial charge is 0.418 e. The second-order valence-electron chi connectivity index (χ2n) is 7.50. The van der Waals surface area contributed by atoms with Gasteiger partial charge in [-0.1, -0.05) is 12.1 Å². The molecule has 0 radical (unpaired) electrons. The highest BCUT2D eigenvalue weighted by Gasteiger charge is 2.46. The van der Waals surface area contributed by atoms with Gasteiger partial charge in [0.25, 0.3) is 5.91 Å². The first kappa shape index (κ1) is 21.2. The van der Waals surface area contributed by atoms with E-state index in [4.69, 9.17) is 9.47 Å². The number of hydrogen-bond acceptors (Lipinski definition) is 5. The maximum absolute atomic E-state index is 13.4. The predicted molar refractivity (Wildman–Crippen MR) is 106 cm³/mol. The van der Waals surface area contributed by atoms with E-state index in [1.165, 1.54) is 19.2 Å². The number of para-hydroxylation sites is 1. The zero-order valence-corrected chi connectivity index (χ0v) is 17.0. The van der Waals surface area contributed by atoms with Crippen LogP contribution in [0.4, 0.5) is 18.9 Å². The van der Waals surface area contributed by atoms with Crippen LogP contribution in [-0.2, 0) is 28.7 Å². The fourth-order valence-corrected chi connectivity index (χ4v) is 4.23. The van der Waals surface area contributed by atoms with Gasteiger partial charge in [-0.2, -0.15) is 13.2 Å². The molecule has 6 nitrogen and oxygen atoms in total. The molecule has 2 aromatic rings. The number of halogens is 3. The van der Waals surface area contributed by atoms with E-state index < -0.39 is 35.3 Å². The largest absolute Gasteiger partial charge is 0.493 e. The van der Waals surface area contributed by atoms with Crippen LogP contribution in [-0.4, -0.2) is 43.5 Å². The molecule has 2 aliphatic heterocycles. The van der Waals surface area contributed by atoms with Crippen molar-refractivity contribution in [1.29, 1.82) is 0 Å². The number of alkyl halides is 3. The lowest BCUT2D eigenvalue weighted by Gasteiger charge is -2.32. The molecule has 0 saturated carbocycles. The fourth-order valence-electron chi connectivity index (χ4n) is 4.23. The fraction of sp³-hybridized carbons (Fsp3) is 0.364. The van der Waals surface area contributed by atoms with Crippen LogP contribution in [0.5, 0.6) is 11.5 Å². The second-order valence-corrected chi connectivity index (χ2v) is 7.50. The summed E-state index contributed by atoms with van der Waals surface area (Å²) in [5.41, 5.74) is 0.553. The number of hydrogen-bond donors (Lipinski definition) is 0. The first-order chi connectivity index (χ1) is 14.7. The van der Waals surface area contributed by atoms with Crippen molar-refractivity contribution in [1.82, 2.24) is 4.90 Å². The Morgan fingerprint density at radius 3 is 2.29 bits per heavy atom. The zero-order valence-electron chi connectivity index (χ0n) is 17.0. The SMILES string of the molecule is COc1cc2c(cc1OC)CN(C1CC(=O)N(c3ccccc3C(F)(F)F)C1=O)CC2. The third-order valence-electron chi connectivity index (χ3n) is 5.76. The molecule has 1 fully saturated rings. The molecule has 1 unspecified atom stereocenters. The van der Waals surface area contributed by atoms with Gasteiger partial charge in [0.2, 0.25) is 5.91 Å². The number of carbonyl (C=O) groups is 2. The van der Waals surface area contributed by atoms with Crippen molar-refractivity contribution < 1.29 is 32.2 Å². The third kappa shape index (κ3) is 3.74. The van der Waals surface area contributed by atoms with E-state index in [1.54, 1.807) is 7.11 Å². The van der Waals surface area contributed by atoms with Crippen molar-refractivity contribution >= 4 is 17.5 Å². The average Bonchev–Trinajstić information content (AvgIpc) is 3.05. The Kier molecular flexibility index (Phi) is 5.38. The van der Waals surface area contributed by atoms with Crippen molar-refractivity contribution in [3.8, 4) is 11.5 Å². The van der Waals surface area contributed by atoms with Crippen LogP contribution in [0.3, 0.4) is 0 Å². The quantitative estimate of drug-likeness (QED) is 0.691. The summed E-state index contributed by atoms with van der Waals surface area (Å²) in [5, 5.41) is 0. The van der Waals surface area contributed by atoms with Crippen molar-refractivity contribution in [2.24, 2.45) is 0 Å². The Hall–Kier alpha value is -3.07. The van der Waals surface area contributed by atoms with Crippen molar-refractivity contribution in [3.05, 3.63) is 53.1 Å². The van der Waals surface area contributed by atoms with Gasteiger partial charge in [0.15, 0.2) is 11.5 Å². The van der Waals surface area contributed by atoms with E-state index in [0.717, 1.165) is 23.3 Å². The molecule has 4 rings (SSSR count). The Balaban J connectivity index is 1.61. The summed E-state index contributed by atoms with van der Waals surface area (Å²) in [4.78, 5) is 28.2. The molecular weight excluding hydrogens is 413 g/mol. The molecule has 2 aliphatic rings. The number of benzene rings is 2. The Labute approximate surface area is 177 Å². The second kappa shape index (κ2) is 7.88. The highest BCUT2D eigenvalue weighted by Crippen LogP contribution is 2.39. The molecule has 0 aliphatic carbocycles. The molecule has 0 spiro atoms. The van der Waals surface area contributed by atoms with Crippen LogP contribution in [0, 0.1) is 0 Å². The van der Waals surface area contributed by atoms with Crippen LogP contribution in [0.25, 0.3) is 0 Å². The Morgan fingerprint density at radius 2 is 1.65 bits per heavy atom. The van der Waals surface area contributed by atoms with Gasteiger partial charge in [-0.3, -0.25) is 14.5 Å². The number of fused-ring (bicyclic) bond motifs is 1. The molecule has 0 bridgehead atoms. The summed E-state index contributed by atoms with van der Waals surface area (Å²) in [6.07, 6.45) is -4.21. The molecule has 2 aromatic carbocycles. The van der Waals surface area contributed by atoms with Crippen LogP contribution in [0.15, 0.2) is 36.4 Å². The van der Waals surface area contributed by atoms with Crippen LogP contribution < -0.4 is 14.4 Å². The van der Waals surface area contributed by atoms with Crippen LogP contribution in [0.1, 0.15) is 23.1 Å². The van der Waals surface area contributed by atoms with E-state index >= 15 is 0 Å². The molecule has 2 heterocycles. The number of carbonyl (C=O) groups excluding carboxylic acids is 2. The number of nitrogens with zero attached hydrogens (tertiary/aromatic N) is 2. The maximum atomic E-state index is 13.4. The summed E-state index contributed by atoms with van der Waals surface area (Å²) in [5.74, 6) is -0.107. The molecule has 0 aromatic heterocycles. The third-order valence-corrected chi connectivity index (χ3v) is 5.76. The maximum Gasteiger partial charge on any atom is 0.418 e. The summed E-state index contributed by atoms with van der Waals surface area (Å²) in [7, 11) is 3.08. The van der Waals surface area contributed by atoms with Gasteiger partial charge in [0, 0.05) is 13.1 Å². The van der Waals surface area contributed by atoms with Gasteiger partial charge >= 0.3 is 6.18 Å². The van der Waals surface area contributed by atoms with Gasteiger partial charge < -0.3 is 9.47 Å². The van der Waals surface area contributed by atoms with Crippen LogP contribution in [0.2, 0.25) is 0 Å². The molecule has 2 amide bonds. The summed E-state index contributed by atoms with van der Waals surface area (Å²) >= 11 is 0. The Morgan fingerprint density at radius 1 is 1.00 bits per heavy atom. The minimum atomic E-state index is -4.67. The highest BCUT2D eigenvalue weighted by molar-refractivity contribution is 6.22. The van der Waals surface area contributed by atoms with Gasteiger partial charge in [0.1, 0.15) is 0 Å². The van der Waals surface area contributed by atoms with Gasteiger partial charge in [-0.15, -0.1) is 0 Å². The molecule has 31 heavy (non-hydrogen) atoms. The number of anilines is 1. The van der Waals surface area contributed by atoms with Crippen molar-refractivity contribution in [2.75, 3.05) is 25.7 Å². The van der Waals surface area contributed by atoms with E-state index in [2.05, 4.69) is 0 Å². The van der Waals surface area contributed by atoms with E-state index in [0.29, 0.717) is 35.9 Å². The molecule has 9 heteroatoms. The molecule has 0 N–H and O–H groups in total. The number of amides is 2. The minimum absolute atomic E-state index is 0.159. The lowest BCUT2D eigenvalue weighted by atomic mass is 9.97. The van der Waals surface area contributed by atoms with Crippen molar-refractivity contribution in [3.63, 3.8) is 0 Å². The average molecular weight is 434 g/mol. The molecular formula is C22H21F3N2O4. The summed E-state index contributed by atoms with van der Waals surface area (Å²) in [6.45, 7) is 0.884. The van der Waals surface area contributed by atoms with Gasteiger partial charge in [-0.05, 0) is 41.8 Å². The lowest BCUT2D eigenvalue weighted by Crippen LogP contribution is -2.44. The first-order valence-corrected chi connectivity index (χ1v) is 9.75. The zero-order chi connectivity index (χ0) is 22.3. The number of rotatable bonds is 4. The monoisotopic (exact) mass is 434 g/mol. The van der Waals surface area contributed by atoms with E-state index in [1.807, 2.05) is 17.0 Å².